The van der Waals surface area contributed by atoms with E-state index in [-0.39, 0.29) is 22.7 Å². The maximum Gasteiger partial charge on any atom is 0.266 e. The van der Waals surface area contributed by atoms with Crippen LogP contribution in [0.25, 0.3) is 0 Å². The highest BCUT2D eigenvalue weighted by Crippen LogP contribution is 2.61. The van der Waals surface area contributed by atoms with Gasteiger partial charge in [0.2, 0.25) is 0 Å². The Kier molecular flexibility index (Phi) is 5.89. The van der Waals surface area contributed by atoms with Gasteiger partial charge in [0.05, 0.1) is 22.9 Å². The van der Waals surface area contributed by atoms with Gasteiger partial charge in [0.25, 0.3) is 17.9 Å². The van der Waals surface area contributed by atoms with Crippen molar-refractivity contribution < 1.29 is 18.0 Å². The minimum absolute atomic E-state index is 0.00106. The third-order valence-corrected chi connectivity index (χ3v) is 9.22. The second-order valence-electron chi connectivity index (χ2n) is 11.8. The Bertz CT molecular complexity index is 1260. The summed E-state index contributed by atoms with van der Waals surface area (Å²) in [5.41, 5.74) is -0.197. The lowest BCUT2D eigenvalue weighted by atomic mass is 9.49. The van der Waals surface area contributed by atoms with Gasteiger partial charge < -0.3 is 20.1 Å². The summed E-state index contributed by atoms with van der Waals surface area (Å²) in [6.07, 6.45) is 3.50. The fourth-order valence-electron chi connectivity index (χ4n) is 7.23. The number of nitrogens with zero attached hydrogens (tertiary/aromatic N) is 2. The number of halogens is 3. The number of alkyl halides is 2. The lowest BCUT2D eigenvalue weighted by Crippen LogP contribution is -2.62. The standard InChI is InChI=1S/C28H33F3N4O2/c1-15(20-4-3-5-21(25(20)29)26(30)31)32-27(37)22-14-35(28-9-16(10-28)11-28)24(36)8-23(22)33-19-6-17-12-34(2)13-18(17)7-19/h3-5,8,14-19,26,33H,6-7,9-13H2,1-2H3,(H,32,37)/t15-,16?,17-,18+,19?,28?/m1/s1. The predicted molar refractivity (Wildman–Crippen MR) is 134 cm³/mol. The molecule has 1 aromatic heterocycles. The average Bonchev–Trinajstić information content (AvgIpc) is 3.29. The van der Waals surface area contributed by atoms with Crippen LogP contribution >= 0.6 is 0 Å². The molecule has 1 amide bonds. The topological polar surface area (TPSA) is 66.4 Å². The maximum atomic E-state index is 14.8. The van der Waals surface area contributed by atoms with Gasteiger partial charge in [-0.15, -0.1) is 0 Å². The summed E-state index contributed by atoms with van der Waals surface area (Å²) in [6, 6.07) is 4.68. The monoisotopic (exact) mass is 514 g/mol. The first kappa shape index (κ1) is 24.5. The molecule has 0 radical (unpaired) electrons. The van der Waals surface area contributed by atoms with Crippen molar-refractivity contribution in [2.75, 3.05) is 25.5 Å². The number of carbonyl (C=O) groups excluding carboxylic acids is 1. The number of rotatable bonds is 7. The molecule has 0 spiro atoms. The van der Waals surface area contributed by atoms with Crippen LogP contribution in [0.5, 0.6) is 0 Å². The summed E-state index contributed by atoms with van der Waals surface area (Å²) >= 11 is 0. The van der Waals surface area contributed by atoms with E-state index in [9.17, 15) is 22.8 Å². The number of carbonyl (C=O) groups is 1. The molecule has 1 aliphatic heterocycles. The van der Waals surface area contributed by atoms with Gasteiger partial charge in [-0.2, -0.15) is 0 Å². The molecule has 198 valence electrons. The van der Waals surface area contributed by atoms with Crippen molar-refractivity contribution in [1.82, 2.24) is 14.8 Å². The van der Waals surface area contributed by atoms with Crippen molar-refractivity contribution in [3.63, 3.8) is 0 Å². The fourth-order valence-corrected chi connectivity index (χ4v) is 7.23. The number of likely N-dealkylation sites (tertiary alicyclic amines) is 1. The van der Waals surface area contributed by atoms with Crippen molar-refractivity contribution in [2.24, 2.45) is 17.8 Å². The maximum absolute atomic E-state index is 14.8. The van der Waals surface area contributed by atoms with E-state index < -0.39 is 29.8 Å². The van der Waals surface area contributed by atoms with E-state index in [2.05, 4.69) is 22.6 Å². The van der Waals surface area contributed by atoms with Crippen molar-refractivity contribution in [2.45, 2.75) is 63.1 Å². The number of hydrogen-bond donors (Lipinski definition) is 2. The van der Waals surface area contributed by atoms with E-state index in [1.165, 1.54) is 18.2 Å². The number of hydrogen-bond acceptors (Lipinski definition) is 4. The van der Waals surface area contributed by atoms with E-state index in [4.69, 9.17) is 0 Å². The first-order chi connectivity index (χ1) is 17.6. The smallest absolute Gasteiger partial charge is 0.266 e. The zero-order chi connectivity index (χ0) is 26.1. The molecule has 9 heteroatoms. The summed E-state index contributed by atoms with van der Waals surface area (Å²) in [7, 11) is 2.13. The molecule has 2 aromatic rings. The zero-order valence-corrected chi connectivity index (χ0v) is 21.1. The zero-order valence-electron chi connectivity index (χ0n) is 21.1. The van der Waals surface area contributed by atoms with Gasteiger partial charge in [0.15, 0.2) is 0 Å². The minimum Gasteiger partial charge on any atom is -0.381 e. The van der Waals surface area contributed by atoms with E-state index in [1.54, 1.807) is 17.7 Å². The van der Waals surface area contributed by atoms with Gasteiger partial charge in [0.1, 0.15) is 5.82 Å². The highest BCUT2D eigenvalue weighted by atomic mass is 19.3. The summed E-state index contributed by atoms with van der Waals surface area (Å²) < 4.78 is 42.9. The summed E-state index contributed by atoms with van der Waals surface area (Å²) in [4.78, 5) is 29.0. The average molecular weight is 515 g/mol. The molecule has 5 fully saturated rings. The number of aromatic nitrogens is 1. The number of amides is 1. The number of anilines is 1. The number of pyridine rings is 1. The van der Waals surface area contributed by atoms with E-state index in [0.29, 0.717) is 29.0 Å². The SMILES string of the molecule is C[C@@H](NC(=O)c1cn(C23CC(C2)C3)c(=O)cc1NC1C[C@@H]2CN(C)C[C@@H]2C1)c1cccc(C(F)F)c1F. The second kappa shape index (κ2) is 8.89. The highest BCUT2D eigenvalue weighted by Gasteiger charge is 2.58. The molecule has 6 nitrogen and oxygen atoms in total. The Morgan fingerprint density at radius 2 is 1.76 bits per heavy atom. The predicted octanol–water partition coefficient (Wildman–Crippen LogP) is 4.68. The molecular formula is C28H33F3N4O2. The molecular weight excluding hydrogens is 481 g/mol. The molecule has 7 rings (SSSR count). The van der Waals surface area contributed by atoms with Crippen LogP contribution in [0.2, 0.25) is 0 Å². The normalized spacial score (nSPS) is 31.0. The lowest BCUT2D eigenvalue weighted by molar-refractivity contribution is -0.0914. The summed E-state index contributed by atoms with van der Waals surface area (Å²) in [5, 5.41) is 6.28. The van der Waals surface area contributed by atoms with Gasteiger partial charge in [-0.1, -0.05) is 18.2 Å². The molecule has 2 bridgehead atoms. The molecule has 4 atom stereocenters. The number of benzene rings is 1. The Balaban J connectivity index is 1.28. The van der Waals surface area contributed by atoms with E-state index >= 15 is 0 Å². The van der Waals surface area contributed by atoms with E-state index in [0.717, 1.165) is 51.3 Å². The van der Waals surface area contributed by atoms with Crippen LogP contribution in [0.3, 0.4) is 0 Å². The van der Waals surface area contributed by atoms with Gasteiger partial charge in [-0.25, -0.2) is 13.2 Å². The minimum atomic E-state index is -2.94. The molecule has 2 heterocycles. The summed E-state index contributed by atoms with van der Waals surface area (Å²) in [6.45, 7) is 3.69. The van der Waals surface area contributed by atoms with Crippen molar-refractivity contribution in [3.05, 3.63) is 63.3 Å². The molecule has 5 aliphatic rings. The Morgan fingerprint density at radius 1 is 1.11 bits per heavy atom. The van der Waals surface area contributed by atoms with Gasteiger partial charge >= 0.3 is 0 Å². The van der Waals surface area contributed by atoms with Gasteiger partial charge in [0, 0.05) is 42.5 Å². The number of nitrogens with one attached hydrogen (secondary N) is 2. The van der Waals surface area contributed by atoms with Crippen LogP contribution < -0.4 is 16.2 Å². The molecule has 1 saturated heterocycles. The first-order valence-corrected chi connectivity index (χ1v) is 13.2. The molecule has 37 heavy (non-hydrogen) atoms. The van der Waals surface area contributed by atoms with Gasteiger partial charge in [-0.3, -0.25) is 9.59 Å². The Hall–Kier alpha value is -2.81. The van der Waals surface area contributed by atoms with Gasteiger partial charge in [-0.05, 0) is 63.8 Å². The third-order valence-electron chi connectivity index (χ3n) is 9.22. The third kappa shape index (κ3) is 4.15. The molecule has 1 aromatic carbocycles. The van der Waals surface area contributed by atoms with Crippen molar-refractivity contribution in [1.29, 1.82) is 0 Å². The molecule has 4 aliphatic carbocycles. The van der Waals surface area contributed by atoms with Crippen LogP contribution in [0.1, 0.15) is 73.0 Å². The summed E-state index contributed by atoms with van der Waals surface area (Å²) in [5.74, 6) is 0.389. The van der Waals surface area contributed by atoms with Crippen LogP contribution in [0, 0.1) is 23.6 Å². The van der Waals surface area contributed by atoms with Crippen LogP contribution in [0.15, 0.2) is 35.3 Å². The second-order valence-corrected chi connectivity index (χ2v) is 11.8. The lowest BCUT2D eigenvalue weighted by Gasteiger charge is -2.62. The Morgan fingerprint density at radius 3 is 2.35 bits per heavy atom. The fraction of sp³-hybridized carbons (Fsp3) is 0.571. The Labute approximate surface area is 214 Å². The van der Waals surface area contributed by atoms with E-state index in [1.807, 2.05) is 0 Å². The number of fused-ring (bicyclic) bond motifs is 1. The van der Waals surface area contributed by atoms with Crippen molar-refractivity contribution in [3.8, 4) is 0 Å². The largest absolute Gasteiger partial charge is 0.381 e. The first-order valence-electron chi connectivity index (χ1n) is 13.2. The molecule has 1 unspecified atom stereocenters. The highest BCUT2D eigenvalue weighted by molar-refractivity contribution is 5.99. The molecule has 2 N–H and O–H groups in total. The van der Waals surface area contributed by atoms with Crippen LogP contribution in [0.4, 0.5) is 18.9 Å². The van der Waals surface area contributed by atoms with Crippen molar-refractivity contribution >= 4 is 11.6 Å². The quantitative estimate of drug-likeness (QED) is 0.563. The molecule has 4 saturated carbocycles. The van der Waals surface area contributed by atoms with Crippen LogP contribution in [-0.4, -0.2) is 41.6 Å². The van der Waals surface area contributed by atoms with Crippen LogP contribution in [-0.2, 0) is 5.54 Å².